The Morgan fingerprint density at radius 3 is 0.865 bits per heavy atom. The molecule has 10 heteroatoms. The van der Waals surface area contributed by atoms with Crippen molar-refractivity contribution in [3.05, 3.63) is 162 Å². The Labute approximate surface area is 298 Å². The first-order chi connectivity index (χ1) is 25.0. The number of benzene rings is 5. The third-order valence-electron chi connectivity index (χ3n) is 14.3. The van der Waals surface area contributed by atoms with Crippen LogP contribution in [-0.2, 0) is 9.13 Å². The van der Waals surface area contributed by atoms with Gasteiger partial charge in [-0.3, -0.25) is 19.6 Å². The molecule has 5 aromatic carbocycles. The molecule has 8 aliphatic rings. The largest absolute Gasteiger partial charge is 0.524 e. The zero-order valence-corrected chi connectivity index (χ0v) is 29.5. The number of phosphoric ester groups is 2. The minimum absolute atomic E-state index is 0.187. The van der Waals surface area contributed by atoms with E-state index in [2.05, 4.69) is 72.8 Å². The van der Waals surface area contributed by atoms with Gasteiger partial charge in [0, 0.05) is 69.6 Å². The first kappa shape index (κ1) is 29.5. The molecule has 8 nitrogen and oxygen atoms in total. The molecule has 4 N–H and O–H groups in total. The topological polar surface area (TPSA) is 134 Å². The summed E-state index contributed by atoms with van der Waals surface area (Å²) in [7, 11) is -10.1. The Bertz CT molecular complexity index is 2340. The summed E-state index contributed by atoms with van der Waals surface area (Å²) in [4.78, 5) is 41.7. The van der Waals surface area contributed by atoms with Crippen LogP contribution in [0.25, 0.3) is 0 Å². The van der Waals surface area contributed by atoms with Crippen molar-refractivity contribution in [1.29, 1.82) is 0 Å². The number of hydrogen-bond acceptors (Lipinski definition) is 4. The van der Waals surface area contributed by atoms with E-state index in [1.807, 2.05) is 0 Å². The Hall–Kier alpha value is -4.00. The van der Waals surface area contributed by atoms with Gasteiger partial charge in [-0.15, -0.1) is 0 Å². The Morgan fingerprint density at radius 1 is 0.385 bits per heavy atom. The summed E-state index contributed by atoms with van der Waals surface area (Å²) in [5.41, 5.74) is 17.7. The van der Waals surface area contributed by atoms with Crippen molar-refractivity contribution >= 4 is 15.6 Å². The molecule has 0 radical (unpaired) electrons. The quantitative estimate of drug-likeness (QED) is 0.136. The summed E-state index contributed by atoms with van der Waals surface area (Å²) in [6.45, 7) is 0. The smallest absolute Gasteiger partial charge is 0.404 e. The van der Waals surface area contributed by atoms with Crippen LogP contribution in [0.1, 0.15) is 162 Å². The summed E-state index contributed by atoms with van der Waals surface area (Å²) in [6.07, 6.45) is 3.33. The molecular formula is C42H32O8P2. The highest BCUT2D eigenvalue weighted by atomic mass is 31.2. The number of phosphoric acid groups is 2. The molecule has 8 atom stereocenters. The van der Waals surface area contributed by atoms with E-state index in [4.69, 9.17) is 9.05 Å². The van der Waals surface area contributed by atoms with Gasteiger partial charge in [0.15, 0.2) is 0 Å². The molecule has 0 saturated carbocycles. The van der Waals surface area contributed by atoms with Crippen molar-refractivity contribution in [2.45, 2.75) is 73.0 Å². The lowest BCUT2D eigenvalue weighted by molar-refractivity contribution is 0.275. The van der Waals surface area contributed by atoms with Crippen molar-refractivity contribution in [3.8, 4) is 11.5 Å². The molecule has 52 heavy (non-hydrogen) atoms. The van der Waals surface area contributed by atoms with Crippen LogP contribution in [0.15, 0.2) is 72.8 Å². The maximum atomic E-state index is 12.8. The maximum absolute atomic E-state index is 12.8. The number of fused-ring (bicyclic) bond motifs is 32. The van der Waals surface area contributed by atoms with Crippen LogP contribution in [0.5, 0.6) is 11.5 Å². The monoisotopic (exact) mass is 726 g/mol. The van der Waals surface area contributed by atoms with Crippen LogP contribution < -0.4 is 9.05 Å². The van der Waals surface area contributed by atoms with E-state index in [0.29, 0.717) is 58.8 Å². The van der Waals surface area contributed by atoms with Crippen molar-refractivity contribution in [2.24, 2.45) is 0 Å². The first-order valence-electron chi connectivity index (χ1n) is 18.3. The molecule has 0 aliphatic heterocycles. The predicted octanol–water partition coefficient (Wildman–Crippen LogP) is 8.55. The molecule has 0 fully saturated rings. The molecule has 13 rings (SSSR count). The molecule has 5 aromatic rings. The first-order valence-corrected chi connectivity index (χ1v) is 21.3. The van der Waals surface area contributed by atoms with E-state index in [1.54, 1.807) is 0 Å². The normalized spacial score (nSPS) is 29.0. The summed E-state index contributed by atoms with van der Waals surface area (Å²) < 4.78 is 37.3. The van der Waals surface area contributed by atoms with Crippen LogP contribution in [0.4, 0.5) is 0 Å². The Morgan fingerprint density at radius 2 is 0.615 bits per heavy atom. The average Bonchev–Trinajstić information content (AvgIpc) is 3.98. The molecule has 5 unspecified atom stereocenters. The fraction of sp³-hybridized carbons (Fsp3) is 0.286. The van der Waals surface area contributed by atoms with Crippen molar-refractivity contribution in [1.82, 2.24) is 0 Å². The van der Waals surface area contributed by atoms with Gasteiger partial charge < -0.3 is 9.05 Å². The molecule has 258 valence electrons. The number of rotatable bonds is 4. The van der Waals surface area contributed by atoms with Gasteiger partial charge in [-0.2, -0.15) is 0 Å². The Kier molecular flexibility index (Phi) is 5.21. The highest BCUT2D eigenvalue weighted by Gasteiger charge is 2.56. The van der Waals surface area contributed by atoms with Gasteiger partial charge in [0.2, 0.25) is 0 Å². The lowest BCUT2D eigenvalue weighted by Gasteiger charge is -2.33. The third kappa shape index (κ3) is 3.46. The van der Waals surface area contributed by atoms with Gasteiger partial charge in [-0.1, -0.05) is 72.8 Å². The highest BCUT2D eigenvalue weighted by Crippen LogP contribution is 2.73. The SMILES string of the molecule is O=P(O)(O)Oc1c2c(c(OP(=O)(O)O)c3c1C1C[C@@H]3c3cc4c(cc31)C1C[C@@H]4c3ccccc31)C1CC2c2cc3c(cc21)[C@H]1CC3c2ccccc21. The second-order valence-corrected chi connectivity index (χ2v) is 18.6. The summed E-state index contributed by atoms with van der Waals surface area (Å²) in [5, 5.41) is 0. The summed E-state index contributed by atoms with van der Waals surface area (Å²) >= 11 is 0. The lowest BCUT2D eigenvalue weighted by atomic mass is 9.74. The molecule has 0 saturated heterocycles. The molecule has 0 aromatic heterocycles. The Balaban J connectivity index is 1.03. The number of hydrogen-bond donors (Lipinski definition) is 4. The van der Waals surface area contributed by atoms with Crippen molar-refractivity contribution in [3.63, 3.8) is 0 Å². The van der Waals surface area contributed by atoms with Crippen LogP contribution in [0.3, 0.4) is 0 Å². The van der Waals surface area contributed by atoms with Gasteiger partial charge in [-0.25, -0.2) is 9.13 Å². The van der Waals surface area contributed by atoms with Gasteiger partial charge in [-0.05, 0) is 92.4 Å². The zero-order chi connectivity index (χ0) is 34.7. The lowest BCUT2D eigenvalue weighted by Crippen LogP contribution is -2.16. The second kappa shape index (κ2) is 9.19. The minimum atomic E-state index is -5.03. The molecule has 0 spiro atoms. The van der Waals surface area contributed by atoms with Crippen LogP contribution in [0.2, 0.25) is 0 Å². The van der Waals surface area contributed by atoms with E-state index in [1.165, 1.54) is 44.5 Å². The molecule has 8 bridgehead atoms. The van der Waals surface area contributed by atoms with Gasteiger partial charge in [0.05, 0.1) is 0 Å². The minimum Gasteiger partial charge on any atom is -0.404 e. The van der Waals surface area contributed by atoms with E-state index >= 15 is 0 Å². The fourth-order valence-corrected chi connectivity index (χ4v) is 13.7. The van der Waals surface area contributed by atoms with Crippen LogP contribution in [0, 0.1) is 0 Å². The second-order valence-electron chi connectivity index (χ2n) is 16.3. The van der Waals surface area contributed by atoms with Gasteiger partial charge in [0.25, 0.3) is 0 Å². The summed E-state index contributed by atoms with van der Waals surface area (Å²) in [5.74, 6) is 0.661. The van der Waals surface area contributed by atoms with Gasteiger partial charge >= 0.3 is 15.6 Å². The maximum Gasteiger partial charge on any atom is 0.524 e. The molecule has 0 amide bonds. The van der Waals surface area contributed by atoms with Gasteiger partial charge in [0.1, 0.15) is 11.5 Å². The highest BCUT2D eigenvalue weighted by molar-refractivity contribution is 7.47. The average molecular weight is 727 g/mol. The van der Waals surface area contributed by atoms with E-state index in [9.17, 15) is 28.7 Å². The van der Waals surface area contributed by atoms with Crippen molar-refractivity contribution < 1.29 is 37.8 Å². The standard InChI is InChI=1S/C42H32O8P2/c43-51(44,45)49-41-37-33-15-34(30-12-26-22-9-21(25(26)11-29(30)33)17-5-1-2-6-18(17)22)38(37)42(50-52(46,47)48)40-36-16-35(39(40)41)31-13-27-23-10-24(28(27)14-32(31)36)20-8-4-3-7-19(20)23/h1-8,11-14,21-24,33-36H,9-10,15-16H2,(H2,43,44,45)(H2,46,47,48)/t21-,22?,23+,24?,33-,34?,35?,36?/m1/s1. The zero-order valence-electron chi connectivity index (χ0n) is 27.7. The van der Waals surface area contributed by atoms with E-state index < -0.39 is 15.6 Å². The van der Waals surface area contributed by atoms with E-state index in [-0.39, 0.29) is 35.2 Å². The van der Waals surface area contributed by atoms with E-state index in [0.717, 1.165) is 35.1 Å². The molecule has 0 heterocycles. The van der Waals surface area contributed by atoms with Crippen molar-refractivity contribution in [2.75, 3.05) is 0 Å². The molecular weight excluding hydrogens is 694 g/mol. The predicted molar refractivity (Wildman–Crippen MR) is 191 cm³/mol. The fourth-order valence-electron chi connectivity index (χ4n) is 12.9. The molecule has 8 aliphatic carbocycles. The van der Waals surface area contributed by atoms with Crippen LogP contribution in [-0.4, -0.2) is 19.6 Å². The van der Waals surface area contributed by atoms with Crippen LogP contribution >= 0.6 is 15.6 Å². The third-order valence-corrected chi connectivity index (χ3v) is 15.2. The summed E-state index contributed by atoms with van der Waals surface area (Å²) in [6, 6.07) is 26.6.